The molecule has 5 heteroatoms. The van der Waals surface area contributed by atoms with Crippen molar-refractivity contribution in [1.29, 1.82) is 0 Å². The van der Waals surface area contributed by atoms with Gasteiger partial charge in [0.15, 0.2) is 0 Å². The van der Waals surface area contributed by atoms with E-state index in [1.165, 1.54) is 4.90 Å². The van der Waals surface area contributed by atoms with Crippen molar-refractivity contribution in [3.05, 3.63) is 29.8 Å². The first-order chi connectivity index (χ1) is 9.60. The van der Waals surface area contributed by atoms with Gasteiger partial charge in [-0.1, -0.05) is 24.1 Å². The van der Waals surface area contributed by atoms with E-state index in [9.17, 15) is 4.79 Å². The maximum atomic E-state index is 12.0. The fourth-order valence-electron chi connectivity index (χ4n) is 2.25. The highest BCUT2D eigenvalue weighted by Gasteiger charge is 2.38. The number of amidine groups is 1. The van der Waals surface area contributed by atoms with Crippen LogP contribution in [0.1, 0.15) is 25.5 Å². The molecule has 1 aliphatic rings. The minimum Gasteiger partial charge on any atom is -0.494 e. The van der Waals surface area contributed by atoms with E-state index in [0.29, 0.717) is 12.4 Å². The number of aliphatic imine (C=N–C) groups is 1. The van der Waals surface area contributed by atoms with E-state index in [1.807, 2.05) is 31.2 Å². The van der Waals surface area contributed by atoms with E-state index in [2.05, 4.69) is 10.9 Å². The molecule has 1 aromatic carbocycles. The summed E-state index contributed by atoms with van der Waals surface area (Å²) in [6, 6.07) is 6.16. The number of carbonyl (C=O) groups excluding carboxylic acids is 1. The Kier molecular flexibility index (Phi) is 3.94. The van der Waals surface area contributed by atoms with E-state index in [4.69, 9.17) is 16.9 Å². The minimum atomic E-state index is -0.476. The van der Waals surface area contributed by atoms with Crippen LogP contribution in [0, 0.1) is 12.3 Å². The van der Waals surface area contributed by atoms with Gasteiger partial charge in [0.1, 0.15) is 17.6 Å². The summed E-state index contributed by atoms with van der Waals surface area (Å²) >= 11 is 0. The van der Waals surface area contributed by atoms with Gasteiger partial charge >= 0.3 is 6.03 Å². The molecular formula is C15H17N3O2. The van der Waals surface area contributed by atoms with Crippen molar-refractivity contribution in [2.45, 2.75) is 25.9 Å². The van der Waals surface area contributed by atoms with Gasteiger partial charge in [0.25, 0.3) is 0 Å². The summed E-state index contributed by atoms with van der Waals surface area (Å²) in [6.45, 7) is 4.19. The predicted octanol–water partition coefficient (Wildman–Crippen LogP) is 1.94. The number of benzene rings is 1. The molecule has 0 aromatic heterocycles. The van der Waals surface area contributed by atoms with E-state index >= 15 is 0 Å². The molecule has 1 aliphatic heterocycles. The van der Waals surface area contributed by atoms with Crippen LogP contribution in [0.5, 0.6) is 5.75 Å². The minimum absolute atomic E-state index is 0.240. The molecule has 5 nitrogen and oxygen atoms in total. The number of carbonyl (C=O) groups is 1. The number of hydrogen-bond acceptors (Lipinski definition) is 3. The Morgan fingerprint density at radius 1 is 1.55 bits per heavy atom. The summed E-state index contributed by atoms with van der Waals surface area (Å²) in [5.41, 5.74) is 6.71. The molecule has 0 aliphatic carbocycles. The second-order valence-electron chi connectivity index (χ2n) is 4.44. The Morgan fingerprint density at radius 2 is 2.25 bits per heavy atom. The van der Waals surface area contributed by atoms with Crippen molar-refractivity contribution >= 4 is 11.9 Å². The fraction of sp³-hybridized carbons (Fsp3) is 0.333. The molecule has 0 saturated carbocycles. The number of amides is 2. The van der Waals surface area contributed by atoms with Crippen LogP contribution in [-0.4, -0.2) is 29.4 Å². The quantitative estimate of drug-likeness (QED) is 0.851. The van der Waals surface area contributed by atoms with Crippen molar-refractivity contribution in [2.75, 3.05) is 6.61 Å². The highest BCUT2D eigenvalue weighted by Crippen LogP contribution is 2.34. The van der Waals surface area contributed by atoms with Gasteiger partial charge in [-0.15, -0.1) is 6.42 Å². The molecule has 2 unspecified atom stereocenters. The van der Waals surface area contributed by atoms with Crippen LogP contribution in [0.4, 0.5) is 4.79 Å². The first kappa shape index (κ1) is 13.9. The van der Waals surface area contributed by atoms with Gasteiger partial charge in [0, 0.05) is 5.56 Å². The number of nitrogens with zero attached hydrogens (tertiary/aromatic N) is 2. The number of urea groups is 1. The lowest BCUT2D eigenvalue weighted by atomic mass is 10.0. The van der Waals surface area contributed by atoms with Gasteiger partial charge < -0.3 is 10.5 Å². The molecule has 20 heavy (non-hydrogen) atoms. The van der Waals surface area contributed by atoms with Crippen molar-refractivity contribution in [1.82, 2.24) is 4.90 Å². The van der Waals surface area contributed by atoms with Gasteiger partial charge in [-0.3, -0.25) is 4.90 Å². The average molecular weight is 271 g/mol. The number of para-hydroxylation sites is 1. The van der Waals surface area contributed by atoms with Crippen molar-refractivity contribution in [3.8, 4) is 18.1 Å². The third kappa shape index (κ3) is 2.32. The number of rotatable bonds is 4. The highest BCUT2D eigenvalue weighted by molar-refractivity contribution is 6.03. The number of hydrogen-bond donors (Lipinski definition) is 1. The summed E-state index contributed by atoms with van der Waals surface area (Å²) in [4.78, 5) is 17.3. The largest absolute Gasteiger partial charge is 0.494 e. The molecule has 0 spiro atoms. The molecule has 1 heterocycles. The standard InChI is InChI=1S/C15H17N3O2/c1-4-10(3)18-13(14(16)17-15(18)19)11-8-6-7-9-12(11)20-5-2/h1,6-10,13H,5H2,2-3H3,(H2,16,17,19). The van der Waals surface area contributed by atoms with Gasteiger partial charge in [0.2, 0.25) is 0 Å². The molecule has 0 radical (unpaired) electrons. The number of ether oxygens (including phenoxy) is 1. The fourth-order valence-corrected chi connectivity index (χ4v) is 2.25. The Labute approximate surface area is 118 Å². The Bertz CT molecular complexity index is 589. The van der Waals surface area contributed by atoms with Crippen LogP contribution in [0.25, 0.3) is 0 Å². The van der Waals surface area contributed by atoms with Crippen molar-refractivity contribution < 1.29 is 9.53 Å². The summed E-state index contributed by atoms with van der Waals surface area (Å²) < 4.78 is 5.59. The Morgan fingerprint density at radius 3 is 2.90 bits per heavy atom. The number of terminal acetylenes is 1. The molecule has 0 saturated heterocycles. The highest BCUT2D eigenvalue weighted by atomic mass is 16.5. The molecular weight excluding hydrogens is 254 g/mol. The van der Waals surface area contributed by atoms with Crippen LogP contribution in [0.15, 0.2) is 29.3 Å². The van der Waals surface area contributed by atoms with E-state index in [1.54, 1.807) is 6.92 Å². The van der Waals surface area contributed by atoms with Crippen LogP contribution in [0.2, 0.25) is 0 Å². The molecule has 0 fully saturated rings. The van der Waals surface area contributed by atoms with Crippen molar-refractivity contribution in [3.63, 3.8) is 0 Å². The zero-order valence-electron chi connectivity index (χ0n) is 11.5. The molecule has 2 N–H and O–H groups in total. The topological polar surface area (TPSA) is 67.9 Å². The first-order valence-corrected chi connectivity index (χ1v) is 6.44. The second kappa shape index (κ2) is 5.66. The van der Waals surface area contributed by atoms with E-state index < -0.39 is 18.1 Å². The van der Waals surface area contributed by atoms with Gasteiger partial charge in [-0.05, 0) is 19.9 Å². The molecule has 2 rings (SSSR count). The normalized spacial score (nSPS) is 19.4. The van der Waals surface area contributed by atoms with Crippen LogP contribution >= 0.6 is 0 Å². The summed E-state index contributed by atoms with van der Waals surface area (Å²) in [7, 11) is 0. The second-order valence-corrected chi connectivity index (χ2v) is 4.44. The van der Waals surface area contributed by atoms with Crippen LogP contribution in [0.3, 0.4) is 0 Å². The summed E-state index contributed by atoms with van der Waals surface area (Å²) in [6.07, 6.45) is 5.43. The lowest BCUT2D eigenvalue weighted by Gasteiger charge is -2.28. The van der Waals surface area contributed by atoms with Gasteiger partial charge in [0.05, 0.1) is 12.6 Å². The maximum Gasteiger partial charge on any atom is 0.347 e. The molecule has 1 aromatic rings. The monoisotopic (exact) mass is 271 g/mol. The zero-order valence-corrected chi connectivity index (χ0v) is 11.5. The predicted molar refractivity (Wildman–Crippen MR) is 77.5 cm³/mol. The van der Waals surface area contributed by atoms with Gasteiger partial charge in [-0.2, -0.15) is 4.99 Å². The summed E-state index contributed by atoms with van der Waals surface area (Å²) in [5.74, 6) is 3.47. The van der Waals surface area contributed by atoms with Crippen molar-refractivity contribution in [2.24, 2.45) is 10.7 Å². The first-order valence-electron chi connectivity index (χ1n) is 6.44. The van der Waals surface area contributed by atoms with E-state index in [-0.39, 0.29) is 5.84 Å². The summed E-state index contributed by atoms with van der Waals surface area (Å²) in [5, 5.41) is 0. The molecule has 2 amide bonds. The van der Waals surface area contributed by atoms with Crippen LogP contribution < -0.4 is 10.5 Å². The average Bonchev–Trinajstić information content (AvgIpc) is 2.73. The molecule has 104 valence electrons. The smallest absolute Gasteiger partial charge is 0.347 e. The number of nitrogens with two attached hydrogens (primary N) is 1. The van der Waals surface area contributed by atoms with Gasteiger partial charge in [-0.25, -0.2) is 4.79 Å². The molecule has 2 atom stereocenters. The maximum absolute atomic E-state index is 12.0. The third-order valence-corrected chi connectivity index (χ3v) is 3.18. The lowest BCUT2D eigenvalue weighted by Crippen LogP contribution is -2.39. The Balaban J connectivity index is 2.47. The Hall–Kier alpha value is -2.48. The third-order valence-electron chi connectivity index (χ3n) is 3.18. The SMILES string of the molecule is C#CC(C)N1C(=O)N=C(N)C1c1ccccc1OCC. The molecule has 0 bridgehead atoms. The lowest BCUT2D eigenvalue weighted by molar-refractivity contribution is 0.197. The zero-order chi connectivity index (χ0) is 14.7. The van der Waals surface area contributed by atoms with Crippen LogP contribution in [-0.2, 0) is 0 Å². The van der Waals surface area contributed by atoms with E-state index in [0.717, 1.165) is 5.56 Å².